The third-order valence-corrected chi connectivity index (χ3v) is 3.65. The van der Waals surface area contributed by atoms with Crippen molar-refractivity contribution in [1.29, 1.82) is 0 Å². The highest BCUT2D eigenvalue weighted by Crippen LogP contribution is 2.23. The first-order valence-corrected chi connectivity index (χ1v) is 7.00. The summed E-state index contributed by atoms with van der Waals surface area (Å²) in [6.45, 7) is 5.03. The lowest BCUT2D eigenvalue weighted by atomic mass is 10.2. The molecule has 1 aromatic rings. The minimum Gasteiger partial charge on any atom is -0.337 e. The second kappa shape index (κ2) is 6.30. The van der Waals surface area contributed by atoms with E-state index in [9.17, 15) is 0 Å². The Morgan fingerprint density at radius 2 is 2.26 bits per heavy atom. The van der Waals surface area contributed by atoms with E-state index < -0.39 is 0 Å². The lowest BCUT2D eigenvalue weighted by Crippen LogP contribution is -2.38. The molecule has 5 nitrogen and oxygen atoms in total. The van der Waals surface area contributed by atoms with Gasteiger partial charge in [0.2, 0.25) is 5.95 Å². The molecular formula is C14H25N5. The molecule has 1 saturated heterocycles. The number of aryl methyl sites for hydroxylation is 1. The van der Waals surface area contributed by atoms with Crippen molar-refractivity contribution in [3.05, 3.63) is 17.5 Å². The van der Waals surface area contributed by atoms with Crippen LogP contribution in [-0.2, 0) is 6.54 Å². The third kappa shape index (κ3) is 3.42. The summed E-state index contributed by atoms with van der Waals surface area (Å²) < 4.78 is 0. The maximum Gasteiger partial charge on any atom is 0.225 e. The highest BCUT2D eigenvalue weighted by atomic mass is 15.3. The first kappa shape index (κ1) is 14.2. The number of nitrogens with one attached hydrogen (secondary N) is 1. The van der Waals surface area contributed by atoms with Crippen LogP contribution >= 0.6 is 0 Å². The molecule has 0 saturated carbocycles. The molecular weight excluding hydrogens is 238 g/mol. The number of hydrogen-bond acceptors (Lipinski definition) is 5. The molecule has 1 aliphatic rings. The summed E-state index contributed by atoms with van der Waals surface area (Å²) in [5.41, 5.74) is 2.25. The number of aromatic nitrogens is 2. The Balaban J connectivity index is 2.14. The maximum atomic E-state index is 4.69. The van der Waals surface area contributed by atoms with Gasteiger partial charge in [-0.25, -0.2) is 9.97 Å². The summed E-state index contributed by atoms with van der Waals surface area (Å²) in [7, 11) is 6.19. The van der Waals surface area contributed by atoms with Gasteiger partial charge in [0.1, 0.15) is 0 Å². The highest BCUT2D eigenvalue weighted by Gasteiger charge is 2.27. The number of nitrogens with zero attached hydrogens (tertiary/aromatic N) is 4. The van der Waals surface area contributed by atoms with Crippen molar-refractivity contribution in [3.8, 4) is 0 Å². The van der Waals surface area contributed by atoms with Crippen LogP contribution in [0, 0.1) is 6.92 Å². The molecule has 2 heterocycles. The van der Waals surface area contributed by atoms with Crippen molar-refractivity contribution in [3.63, 3.8) is 0 Å². The van der Waals surface area contributed by atoms with E-state index in [2.05, 4.69) is 46.1 Å². The van der Waals surface area contributed by atoms with Crippen LogP contribution in [0.15, 0.2) is 6.20 Å². The predicted octanol–water partition coefficient (Wildman–Crippen LogP) is 1.03. The number of rotatable bonds is 5. The van der Waals surface area contributed by atoms with Gasteiger partial charge in [0.15, 0.2) is 0 Å². The third-order valence-electron chi connectivity index (χ3n) is 3.65. The largest absolute Gasteiger partial charge is 0.337 e. The molecule has 1 aliphatic heterocycles. The summed E-state index contributed by atoms with van der Waals surface area (Å²) in [5.74, 6) is 0.890. The molecule has 106 valence electrons. The zero-order valence-corrected chi connectivity index (χ0v) is 12.5. The van der Waals surface area contributed by atoms with E-state index in [-0.39, 0.29) is 0 Å². The topological polar surface area (TPSA) is 44.3 Å². The van der Waals surface area contributed by atoms with Crippen LogP contribution in [0.5, 0.6) is 0 Å². The minimum atomic E-state index is 0.546. The second-order valence-electron chi connectivity index (χ2n) is 5.56. The van der Waals surface area contributed by atoms with Crippen LogP contribution < -0.4 is 10.2 Å². The molecule has 0 spiro atoms. The average Bonchev–Trinajstić information content (AvgIpc) is 2.79. The Labute approximate surface area is 116 Å². The van der Waals surface area contributed by atoms with Gasteiger partial charge < -0.3 is 15.1 Å². The van der Waals surface area contributed by atoms with Crippen molar-refractivity contribution in [2.75, 3.05) is 39.1 Å². The Morgan fingerprint density at radius 3 is 2.89 bits per heavy atom. The predicted molar refractivity (Wildman–Crippen MR) is 78.5 cm³/mol. The second-order valence-corrected chi connectivity index (χ2v) is 5.56. The summed E-state index contributed by atoms with van der Waals surface area (Å²) >= 11 is 0. The molecule has 2 rings (SSSR count). The van der Waals surface area contributed by atoms with Gasteiger partial charge in [-0.2, -0.15) is 0 Å². The maximum absolute atomic E-state index is 4.69. The van der Waals surface area contributed by atoms with E-state index in [1.54, 1.807) is 0 Å². The van der Waals surface area contributed by atoms with E-state index in [0.717, 1.165) is 31.3 Å². The quantitative estimate of drug-likeness (QED) is 0.860. The molecule has 19 heavy (non-hydrogen) atoms. The Hall–Kier alpha value is -1.20. The number of hydrogen-bond donors (Lipinski definition) is 1. The molecule has 1 aromatic heterocycles. The van der Waals surface area contributed by atoms with Gasteiger partial charge in [-0.15, -0.1) is 0 Å². The van der Waals surface area contributed by atoms with Crippen LogP contribution in [0.1, 0.15) is 24.1 Å². The lowest BCUT2D eigenvalue weighted by molar-refractivity contribution is 0.371. The fourth-order valence-corrected chi connectivity index (χ4v) is 2.69. The first-order chi connectivity index (χ1) is 9.11. The average molecular weight is 263 g/mol. The fourth-order valence-electron chi connectivity index (χ4n) is 2.69. The molecule has 1 atom stereocenters. The standard InChI is InChI=1S/C14H25N5/c1-11-12(8-15-2)9-16-14(17-11)19-7-5-6-13(19)10-18(3)4/h9,13,15H,5-8,10H2,1-4H3. The number of anilines is 1. The van der Waals surface area contributed by atoms with E-state index >= 15 is 0 Å². The zero-order chi connectivity index (χ0) is 13.8. The Bertz CT molecular complexity index is 418. The van der Waals surface area contributed by atoms with E-state index in [1.165, 1.54) is 18.4 Å². The van der Waals surface area contributed by atoms with Gasteiger partial charge in [0, 0.05) is 43.1 Å². The van der Waals surface area contributed by atoms with Gasteiger partial charge >= 0.3 is 0 Å². The fraction of sp³-hybridized carbons (Fsp3) is 0.714. The van der Waals surface area contributed by atoms with E-state index in [0.29, 0.717) is 6.04 Å². The van der Waals surface area contributed by atoms with Gasteiger partial charge in [-0.1, -0.05) is 0 Å². The van der Waals surface area contributed by atoms with Crippen LogP contribution in [-0.4, -0.2) is 55.1 Å². The molecule has 0 aliphatic carbocycles. The molecule has 0 bridgehead atoms. The lowest BCUT2D eigenvalue weighted by Gasteiger charge is -2.27. The van der Waals surface area contributed by atoms with Gasteiger partial charge in [-0.05, 0) is 40.9 Å². The summed E-state index contributed by atoms with van der Waals surface area (Å²) in [6, 6.07) is 0.546. The molecule has 5 heteroatoms. The van der Waals surface area contributed by atoms with Crippen LogP contribution in [0.3, 0.4) is 0 Å². The SMILES string of the molecule is CNCc1cnc(N2CCCC2CN(C)C)nc1C. The van der Waals surface area contributed by atoms with Gasteiger partial charge in [-0.3, -0.25) is 0 Å². The first-order valence-electron chi connectivity index (χ1n) is 7.00. The monoisotopic (exact) mass is 263 g/mol. The van der Waals surface area contributed by atoms with Crippen molar-refractivity contribution in [1.82, 2.24) is 20.2 Å². The van der Waals surface area contributed by atoms with Crippen LogP contribution in [0.4, 0.5) is 5.95 Å². The number of likely N-dealkylation sites (N-methyl/N-ethyl adjacent to an activating group) is 1. The van der Waals surface area contributed by atoms with Crippen molar-refractivity contribution in [2.24, 2.45) is 0 Å². The summed E-state index contributed by atoms with van der Waals surface area (Å²) in [5, 5.41) is 3.15. The van der Waals surface area contributed by atoms with Crippen LogP contribution in [0.2, 0.25) is 0 Å². The van der Waals surface area contributed by atoms with Crippen molar-refractivity contribution in [2.45, 2.75) is 32.4 Å². The van der Waals surface area contributed by atoms with Crippen LogP contribution in [0.25, 0.3) is 0 Å². The smallest absolute Gasteiger partial charge is 0.225 e. The molecule has 1 N–H and O–H groups in total. The van der Waals surface area contributed by atoms with Crippen molar-refractivity contribution >= 4 is 5.95 Å². The molecule has 0 aromatic carbocycles. The van der Waals surface area contributed by atoms with E-state index in [4.69, 9.17) is 0 Å². The van der Waals surface area contributed by atoms with Gasteiger partial charge in [0.05, 0.1) is 0 Å². The summed E-state index contributed by atoms with van der Waals surface area (Å²) in [6.07, 6.45) is 4.43. The molecule has 0 amide bonds. The van der Waals surface area contributed by atoms with Gasteiger partial charge in [0.25, 0.3) is 0 Å². The normalized spacial score (nSPS) is 19.4. The van der Waals surface area contributed by atoms with E-state index in [1.807, 2.05) is 13.2 Å². The Kier molecular flexibility index (Phi) is 4.71. The Morgan fingerprint density at radius 1 is 1.47 bits per heavy atom. The molecule has 0 radical (unpaired) electrons. The minimum absolute atomic E-state index is 0.546. The molecule has 1 unspecified atom stereocenters. The highest BCUT2D eigenvalue weighted by molar-refractivity contribution is 5.36. The summed E-state index contributed by atoms with van der Waals surface area (Å²) in [4.78, 5) is 13.8. The molecule has 1 fully saturated rings. The van der Waals surface area contributed by atoms with Crippen molar-refractivity contribution < 1.29 is 0 Å². The zero-order valence-electron chi connectivity index (χ0n) is 12.5.